The van der Waals surface area contributed by atoms with Gasteiger partial charge in [0, 0.05) is 5.69 Å². The van der Waals surface area contributed by atoms with Gasteiger partial charge in [-0.05, 0) is 36.8 Å². The number of anilines is 2. The number of para-hydroxylation sites is 1. The van der Waals surface area contributed by atoms with E-state index in [2.05, 4.69) is 10.6 Å². The summed E-state index contributed by atoms with van der Waals surface area (Å²) in [6, 6.07) is 15.6. The van der Waals surface area contributed by atoms with E-state index in [1.807, 2.05) is 18.2 Å². The highest BCUT2D eigenvalue weighted by Crippen LogP contribution is 2.15. The number of benzene rings is 2. The van der Waals surface area contributed by atoms with Crippen molar-refractivity contribution in [2.24, 2.45) is 0 Å². The molecule has 2 aromatic carbocycles. The molecule has 2 rings (SSSR count). The summed E-state index contributed by atoms with van der Waals surface area (Å²) < 4.78 is 0. The van der Waals surface area contributed by atoms with Crippen molar-refractivity contribution in [2.45, 2.75) is 19.6 Å². The Bertz CT molecular complexity index is 707. The maximum Gasteiger partial charge on any atom is 0.246 e. The van der Waals surface area contributed by atoms with Crippen LogP contribution in [0.15, 0.2) is 48.5 Å². The molecule has 5 heteroatoms. The van der Waals surface area contributed by atoms with E-state index in [0.717, 1.165) is 11.3 Å². The molecule has 0 aliphatic rings. The molecule has 0 radical (unpaired) electrons. The van der Waals surface area contributed by atoms with E-state index in [1.54, 1.807) is 43.3 Å². The molecule has 112 valence electrons. The summed E-state index contributed by atoms with van der Waals surface area (Å²) >= 11 is 0. The molecule has 0 aliphatic heterocycles. The second kappa shape index (κ2) is 7.25. The minimum Gasteiger partial charge on any atom is -0.392 e. The molecule has 0 spiro atoms. The van der Waals surface area contributed by atoms with Crippen molar-refractivity contribution in [3.8, 4) is 6.07 Å². The number of nitrogens with one attached hydrogen (secondary N) is 2. The summed E-state index contributed by atoms with van der Waals surface area (Å²) in [5.74, 6) is -0.239. The highest BCUT2D eigenvalue weighted by Gasteiger charge is 2.14. The van der Waals surface area contributed by atoms with Crippen molar-refractivity contribution in [1.29, 1.82) is 5.26 Å². The van der Waals surface area contributed by atoms with E-state index in [4.69, 9.17) is 10.4 Å². The summed E-state index contributed by atoms with van der Waals surface area (Å²) in [4.78, 5) is 12.2. The highest BCUT2D eigenvalue weighted by atomic mass is 16.3. The minimum absolute atomic E-state index is 0.0500. The third kappa shape index (κ3) is 3.84. The zero-order chi connectivity index (χ0) is 15.9. The Morgan fingerprint density at radius 2 is 2.05 bits per heavy atom. The predicted molar refractivity (Wildman–Crippen MR) is 85.2 cm³/mol. The maximum absolute atomic E-state index is 12.2. The van der Waals surface area contributed by atoms with Gasteiger partial charge in [-0.1, -0.05) is 24.3 Å². The van der Waals surface area contributed by atoms with Crippen LogP contribution in [0.25, 0.3) is 0 Å². The van der Waals surface area contributed by atoms with E-state index < -0.39 is 6.04 Å². The van der Waals surface area contributed by atoms with E-state index >= 15 is 0 Å². The van der Waals surface area contributed by atoms with E-state index in [0.29, 0.717) is 11.3 Å². The predicted octanol–water partition coefficient (Wildman–Crippen LogP) is 2.49. The van der Waals surface area contributed by atoms with Gasteiger partial charge in [0.15, 0.2) is 0 Å². The van der Waals surface area contributed by atoms with Gasteiger partial charge in [-0.25, -0.2) is 0 Å². The Hall–Kier alpha value is -2.84. The molecule has 0 bridgehead atoms. The largest absolute Gasteiger partial charge is 0.392 e. The monoisotopic (exact) mass is 295 g/mol. The average Bonchev–Trinajstić information content (AvgIpc) is 2.55. The number of carbonyl (C=O) groups is 1. The smallest absolute Gasteiger partial charge is 0.246 e. The number of carbonyl (C=O) groups excluding carboxylic acids is 1. The van der Waals surface area contributed by atoms with Gasteiger partial charge in [0.1, 0.15) is 12.1 Å². The second-order valence-electron chi connectivity index (χ2n) is 4.87. The molecule has 1 amide bonds. The van der Waals surface area contributed by atoms with Gasteiger partial charge in [0.2, 0.25) is 5.91 Å². The molecule has 3 N–H and O–H groups in total. The van der Waals surface area contributed by atoms with Gasteiger partial charge in [0.05, 0.1) is 17.9 Å². The Morgan fingerprint density at radius 3 is 2.77 bits per heavy atom. The number of nitriles is 1. The number of hydrogen-bond acceptors (Lipinski definition) is 4. The number of hydrogen-bond donors (Lipinski definition) is 3. The minimum atomic E-state index is -0.485. The summed E-state index contributed by atoms with van der Waals surface area (Å²) in [5, 5.41) is 23.9. The third-order valence-corrected chi connectivity index (χ3v) is 3.19. The number of rotatable bonds is 5. The van der Waals surface area contributed by atoms with Crippen LogP contribution in [0.1, 0.15) is 18.1 Å². The second-order valence-corrected chi connectivity index (χ2v) is 4.87. The Balaban J connectivity index is 2.04. The van der Waals surface area contributed by atoms with E-state index in [9.17, 15) is 4.79 Å². The van der Waals surface area contributed by atoms with Gasteiger partial charge >= 0.3 is 0 Å². The fraction of sp³-hybridized carbons (Fsp3) is 0.176. The van der Waals surface area contributed by atoms with Crippen molar-refractivity contribution in [3.05, 3.63) is 59.7 Å². The molecule has 1 unspecified atom stereocenters. The Labute approximate surface area is 129 Å². The normalized spacial score (nSPS) is 11.3. The zero-order valence-corrected chi connectivity index (χ0v) is 12.2. The standard InChI is InChI=1S/C17H17N3O2/c1-12(19-15-7-4-5-13(9-15)11-21)17(22)20-16-8-3-2-6-14(16)10-18/h2-9,12,19,21H,11H2,1H3,(H,20,22). The first-order valence-electron chi connectivity index (χ1n) is 6.90. The number of amides is 1. The zero-order valence-electron chi connectivity index (χ0n) is 12.2. The van der Waals surface area contributed by atoms with Crippen LogP contribution in [0.5, 0.6) is 0 Å². The van der Waals surface area contributed by atoms with Gasteiger partial charge in [-0.15, -0.1) is 0 Å². The topological polar surface area (TPSA) is 85.2 Å². The lowest BCUT2D eigenvalue weighted by Gasteiger charge is -2.16. The van der Waals surface area contributed by atoms with Crippen molar-refractivity contribution >= 4 is 17.3 Å². The molecule has 0 aromatic heterocycles. The van der Waals surface area contributed by atoms with Gasteiger partial charge in [0.25, 0.3) is 0 Å². The van der Waals surface area contributed by atoms with Crippen molar-refractivity contribution < 1.29 is 9.90 Å². The van der Waals surface area contributed by atoms with Crippen LogP contribution < -0.4 is 10.6 Å². The van der Waals surface area contributed by atoms with Crippen LogP contribution in [0.3, 0.4) is 0 Å². The molecule has 0 aliphatic carbocycles. The van der Waals surface area contributed by atoms with Gasteiger partial charge in [-0.3, -0.25) is 4.79 Å². The first kappa shape index (κ1) is 15.5. The molecule has 0 heterocycles. The summed E-state index contributed by atoms with van der Waals surface area (Å²) in [6.45, 7) is 1.68. The third-order valence-electron chi connectivity index (χ3n) is 3.19. The van der Waals surface area contributed by atoms with E-state index in [-0.39, 0.29) is 12.5 Å². The number of aliphatic hydroxyl groups is 1. The van der Waals surface area contributed by atoms with Gasteiger partial charge in [-0.2, -0.15) is 5.26 Å². The molecular weight excluding hydrogens is 278 g/mol. The fourth-order valence-electron chi connectivity index (χ4n) is 2.01. The van der Waals surface area contributed by atoms with Crippen molar-refractivity contribution in [3.63, 3.8) is 0 Å². The molecule has 5 nitrogen and oxygen atoms in total. The lowest BCUT2D eigenvalue weighted by molar-refractivity contribution is -0.116. The highest BCUT2D eigenvalue weighted by molar-refractivity contribution is 5.97. The van der Waals surface area contributed by atoms with Crippen LogP contribution in [-0.2, 0) is 11.4 Å². The maximum atomic E-state index is 12.2. The first-order valence-corrected chi connectivity index (χ1v) is 6.90. The Morgan fingerprint density at radius 1 is 1.27 bits per heavy atom. The quantitative estimate of drug-likeness (QED) is 0.791. The summed E-state index contributed by atoms with van der Waals surface area (Å²) in [5.41, 5.74) is 2.44. The first-order chi connectivity index (χ1) is 10.6. The van der Waals surface area contributed by atoms with Crippen LogP contribution in [0.4, 0.5) is 11.4 Å². The summed E-state index contributed by atoms with van der Waals surface area (Å²) in [6.07, 6.45) is 0. The molecule has 1 atom stereocenters. The number of aliphatic hydroxyl groups excluding tert-OH is 1. The number of nitrogens with zero attached hydrogens (tertiary/aromatic N) is 1. The van der Waals surface area contributed by atoms with Crippen LogP contribution in [0.2, 0.25) is 0 Å². The van der Waals surface area contributed by atoms with Crippen LogP contribution >= 0.6 is 0 Å². The van der Waals surface area contributed by atoms with E-state index in [1.165, 1.54) is 0 Å². The molecule has 0 saturated heterocycles. The van der Waals surface area contributed by atoms with Crippen molar-refractivity contribution in [2.75, 3.05) is 10.6 Å². The summed E-state index contributed by atoms with van der Waals surface area (Å²) in [7, 11) is 0. The molecule has 22 heavy (non-hydrogen) atoms. The lowest BCUT2D eigenvalue weighted by atomic mass is 10.1. The lowest BCUT2D eigenvalue weighted by Crippen LogP contribution is -2.32. The van der Waals surface area contributed by atoms with Crippen molar-refractivity contribution in [1.82, 2.24) is 0 Å². The molecule has 0 fully saturated rings. The fourth-order valence-corrected chi connectivity index (χ4v) is 2.01. The average molecular weight is 295 g/mol. The molecule has 0 saturated carbocycles. The van der Waals surface area contributed by atoms with Crippen LogP contribution in [-0.4, -0.2) is 17.1 Å². The Kier molecular flexibility index (Phi) is 5.12. The molecule has 2 aromatic rings. The van der Waals surface area contributed by atoms with Gasteiger partial charge < -0.3 is 15.7 Å². The SMILES string of the molecule is CC(Nc1cccc(CO)c1)C(=O)Nc1ccccc1C#N. The van der Waals surface area contributed by atoms with Crippen LogP contribution in [0, 0.1) is 11.3 Å². The molecular formula is C17H17N3O2.